The minimum absolute atomic E-state index is 0.348. The fourth-order valence-corrected chi connectivity index (χ4v) is 11.2. The lowest BCUT2D eigenvalue weighted by Crippen LogP contribution is -2.20. The van der Waals surface area contributed by atoms with Crippen LogP contribution in [0.1, 0.15) is 54.5 Å². The monoisotopic (exact) mass is 831 g/mol. The molecule has 0 unspecified atom stereocenters. The molecule has 8 aromatic carbocycles. The summed E-state index contributed by atoms with van der Waals surface area (Å²) in [6, 6.07) is 65.1. The quantitative estimate of drug-likeness (QED) is 0.140. The van der Waals surface area contributed by atoms with Crippen LogP contribution in [-0.4, -0.2) is 0 Å². The molecule has 1 aliphatic rings. The smallest absolute Gasteiger partial charge is 0.0551 e. The van der Waals surface area contributed by atoms with Gasteiger partial charge >= 0.3 is 0 Å². The Kier molecular flexibility index (Phi) is 10.8. The maximum atomic E-state index is 2.56. The Morgan fingerprint density at radius 2 is 1.11 bits per heavy atom. The number of hydrogen-bond acceptors (Lipinski definition) is 2. The van der Waals surface area contributed by atoms with Crippen molar-refractivity contribution in [1.29, 1.82) is 0 Å². The van der Waals surface area contributed by atoms with Crippen LogP contribution in [0.5, 0.6) is 0 Å². The first-order valence-electron chi connectivity index (χ1n) is 22.4. The summed E-state index contributed by atoms with van der Waals surface area (Å²) in [7, 11) is 0. The average Bonchev–Trinajstić information content (AvgIpc) is 3.70. The summed E-state index contributed by atoms with van der Waals surface area (Å²) >= 11 is 1.88. The SMILES string of the molecule is Cc1cc(-c2cccc(C)c2-c2cccc(-c3ccccc3C)c2C)ccc1C1=C(C(C)C)C=C(N(c2ccc(-c3ccccc3)cc2)c2cccc3sc4ccccc4c23)CC1. The highest BCUT2D eigenvalue weighted by Crippen LogP contribution is 2.47. The van der Waals surface area contributed by atoms with Crippen molar-refractivity contribution < 1.29 is 0 Å². The Morgan fingerprint density at radius 1 is 0.476 bits per heavy atom. The van der Waals surface area contributed by atoms with E-state index in [0.717, 1.165) is 12.8 Å². The highest BCUT2D eigenvalue weighted by atomic mass is 32.1. The number of thiophene rings is 1. The molecular formula is C61H53NS. The van der Waals surface area contributed by atoms with E-state index in [1.165, 1.54) is 121 Å². The average molecular weight is 832 g/mol. The second-order valence-corrected chi connectivity index (χ2v) is 18.6. The van der Waals surface area contributed by atoms with Crippen molar-refractivity contribution in [1.82, 2.24) is 0 Å². The molecule has 1 aromatic heterocycles. The summed E-state index contributed by atoms with van der Waals surface area (Å²) in [5.41, 5.74) is 23.4. The summed E-state index contributed by atoms with van der Waals surface area (Å²) in [4.78, 5) is 2.56. The maximum Gasteiger partial charge on any atom is 0.0551 e. The predicted octanol–water partition coefficient (Wildman–Crippen LogP) is 17.9. The van der Waals surface area contributed by atoms with Gasteiger partial charge in [-0.3, -0.25) is 0 Å². The van der Waals surface area contributed by atoms with E-state index in [4.69, 9.17) is 0 Å². The van der Waals surface area contributed by atoms with Crippen LogP contribution >= 0.6 is 11.3 Å². The molecule has 0 amide bonds. The van der Waals surface area contributed by atoms with Crippen molar-refractivity contribution in [2.45, 2.75) is 54.4 Å². The third-order valence-electron chi connectivity index (χ3n) is 13.2. The van der Waals surface area contributed by atoms with Gasteiger partial charge in [0, 0.05) is 31.6 Å². The van der Waals surface area contributed by atoms with Gasteiger partial charge in [0.05, 0.1) is 5.69 Å². The zero-order chi connectivity index (χ0) is 43.2. The second kappa shape index (κ2) is 16.9. The van der Waals surface area contributed by atoms with E-state index in [1.54, 1.807) is 0 Å². The van der Waals surface area contributed by atoms with Crippen molar-refractivity contribution in [3.63, 3.8) is 0 Å². The molecule has 0 saturated carbocycles. The molecule has 1 aliphatic carbocycles. The molecule has 0 radical (unpaired) electrons. The first-order chi connectivity index (χ1) is 30.7. The highest BCUT2D eigenvalue weighted by Gasteiger charge is 2.26. The van der Waals surface area contributed by atoms with Gasteiger partial charge in [-0.2, -0.15) is 0 Å². The lowest BCUT2D eigenvalue weighted by molar-refractivity contribution is 0.768. The molecule has 1 heterocycles. The van der Waals surface area contributed by atoms with Crippen molar-refractivity contribution in [3.8, 4) is 44.5 Å². The Bertz CT molecular complexity index is 3230. The van der Waals surface area contributed by atoms with Gasteiger partial charge in [0.1, 0.15) is 0 Å². The number of hydrogen-bond donors (Lipinski definition) is 0. The molecule has 0 spiro atoms. The normalized spacial score (nSPS) is 13.0. The van der Waals surface area contributed by atoms with Crippen LogP contribution in [0.25, 0.3) is 70.3 Å². The minimum atomic E-state index is 0.348. The Balaban J connectivity index is 1.07. The maximum absolute atomic E-state index is 2.56. The molecule has 308 valence electrons. The minimum Gasteiger partial charge on any atom is -0.314 e. The fourth-order valence-electron chi connectivity index (χ4n) is 10.1. The van der Waals surface area contributed by atoms with Gasteiger partial charge < -0.3 is 4.90 Å². The zero-order valence-electron chi connectivity index (χ0n) is 37.2. The van der Waals surface area contributed by atoms with Gasteiger partial charge in [0.25, 0.3) is 0 Å². The third-order valence-corrected chi connectivity index (χ3v) is 14.4. The molecule has 2 heteroatoms. The van der Waals surface area contributed by atoms with Gasteiger partial charge in [-0.15, -0.1) is 11.3 Å². The molecule has 0 saturated heterocycles. The standard InChI is InChI=1S/C61H53NS/c1-39(2)56-38-48(62(47-32-29-45(30-33-47)44-19-8-7-9-20-44)57-26-16-28-59-61(57)55-22-12-13-27-58(55)63-59)34-36-54(56)50-35-31-46(37-42(50)5)53-25-14-18-41(4)60(53)52-24-15-23-51(43(52)6)49-21-11-10-17-40(49)3/h7-33,35,37-39H,34,36H2,1-6H3. The Morgan fingerprint density at radius 3 is 1.90 bits per heavy atom. The third kappa shape index (κ3) is 7.43. The Labute approximate surface area is 377 Å². The number of rotatable bonds is 9. The van der Waals surface area contributed by atoms with Crippen LogP contribution < -0.4 is 4.90 Å². The number of anilines is 2. The molecule has 0 atom stereocenters. The van der Waals surface area contributed by atoms with Gasteiger partial charge in [0.15, 0.2) is 0 Å². The van der Waals surface area contributed by atoms with Crippen LogP contribution in [0.3, 0.4) is 0 Å². The molecule has 0 fully saturated rings. The van der Waals surface area contributed by atoms with E-state index >= 15 is 0 Å². The van der Waals surface area contributed by atoms with Crippen molar-refractivity contribution in [3.05, 3.63) is 221 Å². The van der Waals surface area contributed by atoms with Crippen LogP contribution in [0.2, 0.25) is 0 Å². The fraction of sp³-hybridized carbons (Fsp3) is 0.148. The van der Waals surface area contributed by atoms with E-state index in [0.29, 0.717) is 5.92 Å². The van der Waals surface area contributed by atoms with E-state index < -0.39 is 0 Å². The highest BCUT2D eigenvalue weighted by molar-refractivity contribution is 7.26. The largest absolute Gasteiger partial charge is 0.314 e. The molecule has 0 aliphatic heterocycles. The summed E-state index contributed by atoms with van der Waals surface area (Å²) in [6.45, 7) is 13.8. The molecule has 63 heavy (non-hydrogen) atoms. The summed E-state index contributed by atoms with van der Waals surface area (Å²) in [6.07, 6.45) is 4.43. The van der Waals surface area contributed by atoms with Crippen molar-refractivity contribution >= 4 is 48.5 Å². The van der Waals surface area contributed by atoms with Crippen LogP contribution in [-0.2, 0) is 0 Å². The lowest BCUT2D eigenvalue weighted by Gasteiger charge is -2.33. The van der Waals surface area contributed by atoms with E-state index in [1.807, 2.05) is 11.3 Å². The van der Waals surface area contributed by atoms with Crippen molar-refractivity contribution in [2.75, 3.05) is 4.90 Å². The molecular weight excluding hydrogens is 779 g/mol. The number of allylic oxidation sites excluding steroid dienone is 4. The second-order valence-electron chi connectivity index (χ2n) is 17.5. The molecule has 0 bridgehead atoms. The molecule has 1 nitrogen and oxygen atoms in total. The topological polar surface area (TPSA) is 3.24 Å². The van der Waals surface area contributed by atoms with Crippen LogP contribution in [0.4, 0.5) is 11.4 Å². The zero-order valence-corrected chi connectivity index (χ0v) is 38.0. The number of benzene rings is 8. The first kappa shape index (κ1) is 40.3. The van der Waals surface area contributed by atoms with Crippen molar-refractivity contribution in [2.24, 2.45) is 5.92 Å². The predicted molar refractivity (Wildman–Crippen MR) is 274 cm³/mol. The van der Waals surface area contributed by atoms with E-state index in [2.05, 4.69) is 228 Å². The number of aryl methyl sites for hydroxylation is 3. The Hall–Kier alpha value is -6.74. The van der Waals surface area contributed by atoms with Gasteiger partial charge in [-0.1, -0.05) is 159 Å². The lowest BCUT2D eigenvalue weighted by atomic mass is 9.81. The number of nitrogens with zero attached hydrogens (tertiary/aromatic N) is 1. The summed E-state index contributed by atoms with van der Waals surface area (Å²) in [5, 5.41) is 2.64. The summed E-state index contributed by atoms with van der Waals surface area (Å²) in [5.74, 6) is 0.348. The summed E-state index contributed by atoms with van der Waals surface area (Å²) < 4.78 is 2.64. The number of fused-ring (bicyclic) bond motifs is 3. The van der Waals surface area contributed by atoms with Gasteiger partial charge in [0.2, 0.25) is 0 Å². The van der Waals surface area contributed by atoms with Gasteiger partial charge in [-0.05, 0) is 166 Å². The molecule has 10 rings (SSSR count). The molecule has 9 aromatic rings. The van der Waals surface area contributed by atoms with Gasteiger partial charge in [-0.25, -0.2) is 0 Å². The van der Waals surface area contributed by atoms with E-state index in [9.17, 15) is 0 Å². The first-order valence-corrected chi connectivity index (χ1v) is 23.2. The van der Waals surface area contributed by atoms with E-state index in [-0.39, 0.29) is 0 Å². The van der Waals surface area contributed by atoms with Crippen LogP contribution in [0, 0.1) is 33.6 Å². The molecule has 0 N–H and O–H groups in total. The van der Waals surface area contributed by atoms with Crippen LogP contribution in [0.15, 0.2) is 193 Å².